The Balaban J connectivity index is 1.47. The number of amides is 1. The fourth-order valence-corrected chi connectivity index (χ4v) is 2.58. The van der Waals surface area contributed by atoms with Crippen LogP contribution >= 0.6 is 15.9 Å². The van der Waals surface area contributed by atoms with Crippen molar-refractivity contribution in [3.63, 3.8) is 0 Å². The maximum absolute atomic E-state index is 12.0. The van der Waals surface area contributed by atoms with Gasteiger partial charge in [-0.05, 0) is 43.3 Å². The van der Waals surface area contributed by atoms with Crippen molar-refractivity contribution in [2.75, 3.05) is 18.4 Å². The highest BCUT2D eigenvalue weighted by Crippen LogP contribution is 2.11. The number of aryl methyl sites for hydroxylation is 1. The molecular weight excluding hydrogens is 384 g/mol. The topological polar surface area (TPSA) is 84.7 Å². The molecule has 0 saturated heterocycles. The summed E-state index contributed by atoms with van der Waals surface area (Å²) >= 11 is 3.35. The summed E-state index contributed by atoms with van der Waals surface area (Å²) < 4.78 is 2.55. The zero-order valence-electron chi connectivity index (χ0n) is 13.6. The first-order valence-electron chi connectivity index (χ1n) is 7.76. The molecule has 0 atom stereocenters. The van der Waals surface area contributed by atoms with Gasteiger partial charge in [-0.15, -0.1) is 10.2 Å². The van der Waals surface area contributed by atoms with Crippen LogP contribution < -0.4 is 10.6 Å². The van der Waals surface area contributed by atoms with Gasteiger partial charge in [0.05, 0.1) is 5.69 Å². The van der Waals surface area contributed by atoms with E-state index in [2.05, 4.69) is 41.9 Å². The lowest BCUT2D eigenvalue weighted by Gasteiger charge is -2.08. The van der Waals surface area contributed by atoms with E-state index in [4.69, 9.17) is 0 Å². The molecule has 1 aromatic carbocycles. The van der Waals surface area contributed by atoms with E-state index in [1.165, 1.54) is 0 Å². The van der Waals surface area contributed by atoms with Crippen LogP contribution in [0.5, 0.6) is 0 Å². The predicted molar refractivity (Wildman–Crippen MR) is 98.9 cm³/mol. The third kappa shape index (κ3) is 4.63. The number of anilines is 1. The number of halogens is 1. The average Bonchev–Trinajstić information content (AvgIpc) is 3.05. The van der Waals surface area contributed by atoms with E-state index in [0.29, 0.717) is 30.3 Å². The van der Waals surface area contributed by atoms with Gasteiger partial charge in [-0.3, -0.25) is 4.79 Å². The lowest BCUT2D eigenvalue weighted by Crippen LogP contribution is -2.28. The van der Waals surface area contributed by atoms with E-state index >= 15 is 0 Å². The highest BCUT2D eigenvalue weighted by Gasteiger charge is 2.05. The van der Waals surface area contributed by atoms with Crippen LogP contribution in [0.25, 0.3) is 5.82 Å². The molecule has 25 heavy (non-hydrogen) atoms. The van der Waals surface area contributed by atoms with Crippen LogP contribution in [-0.4, -0.2) is 39.0 Å². The van der Waals surface area contributed by atoms with Gasteiger partial charge in [-0.25, -0.2) is 4.68 Å². The van der Waals surface area contributed by atoms with Crippen LogP contribution in [0.2, 0.25) is 0 Å². The maximum atomic E-state index is 12.0. The molecule has 8 heteroatoms. The maximum Gasteiger partial charge on any atom is 0.251 e. The molecule has 0 aliphatic rings. The molecule has 3 aromatic rings. The smallest absolute Gasteiger partial charge is 0.251 e. The van der Waals surface area contributed by atoms with Crippen LogP contribution in [0.4, 0.5) is 5.82 Å². The summed E-state index contributed by atoms with van der Waals surface area (Å²) in [5, 5.41) is 18.5. The van der Waals surface area contributed by atoms with E-state index < -0.39 is 0 Å². The molecular formula is C17H17BrN6O. The molecule has 0 aliphatic carbocycles. The summed E-state index contributed by atoms with van der Waals surface area (Å²) in [5.74, 6) is 1.18. The van der Waals surface area contributed by atoms with Crippen molar-refractivity contribution in [1.82, 2.24) is 25.3 Å². The summed E-state index contributed by atoms with van der Waals surface area (Å²) in [6.45, 7) is 2.95. The van der Waals surface area contributed by atoms with Crippen molar-refractivity contribution < 1.29 is 4.79 Å². The van der Waals surface area contributed by atoms with Crippen molar-refractivity contribution in [1.29, 1.82) is 0 Å². The summed E-state index contributed by atoms with van der Waals surface area (Å²) in [5.41, 5.74) is 1.54. The van der Waals surface area contributed by atoms with E-state index in [0.717, 1.165) is 10.2 Å². The Hall–Kier alpha value is -2.74. The van der Waals surface area contributed by atoms with Gasteiger partial charge < -0.3 is 10.6 Å². The molecule has 0 bridgehead atoms. The number of hydrogen-bond donors (Lipinski definition) is 2. The van der Waals surface area contributed by atoms with Gasteiger partial charge in [-0.1, -0.05) is 22.0 Å². The highest BCUT2D eigenvalue weighted by atomic mass is 79.9. The van der Waals surface area contributed by atoms with Crippen LogP contribution in [0.3, 0.4) is 0 Å². The molecule has 2 aromatic heterocycles. The van der Waals surface area contributed by atoms with Crippen LogP contribution in [0.15, 0.2) is 53.1 Å². The lowest BCUT2D eigenvalue weighted by molar-refractivity contribution is 0.0955. The van der Waals surface area contributed by atoms with Gasteiger partial charge in [0.25, 0.3) is 5.91 Å². The summed E-state index contributed by atoms with van der Waals surface area (Å²) in [4.78, 5) is 12.0. The first kappa shape index (κ1) is 17.1. The molecule has 0 unspecified atom stereocenters. The molecule has 3 rings (SSSR count). The molecule has 0 fully saturated rings. The Kier molecular flexibility index (Phi) is 5.39. The third-order valence-electron chi connectivity index (χ3n) is 3.41. The number of aromatic nitrogens is 4. The van der Waals surface area contributed by atoms with Crippen molar-refractivity contribution in [2.45, 2.75) is 6.92 Å². The number of hydrogen-bond acceptors (Lipinski definition) is 5. The number of nitrogens with one attached hydrogen (secondary N) is 2. The quantitative estimate of drug-likeness (QED) is 0.621. The normalized spacial score (nSPS) is 10.5. The fraction of sp³-hybridized carbons (Fsp3) is 0.176. The third-order valence-corrected chi connectivity index (χ3v) is 3.90. The SMILES string of the molecule is Cc1ccn(-c2ccc(NCCNC(=O)c3cccc(Br)c3)nn2)n1. The minimum absolute atomic E-state index is 0.112. The van der Waals surface area contributed by atoms with Crippen LogP contribution in [0.1, 0.15) is 16.1 Å². The van der Waals surface area contributed by atoms with Crippen molar-refractivity contribution in [3.05, 3.63) is 64.4 Å². The molecule has 1 amide bonds. The number of rotatable bonds is 6. The lowest BCUT2D eigenvalue weighted by atomic mass is 10.2. The van der Waals surface area contributed by atoms with E-state index in [-0.39, 0.29) is 5.91 Å². The predicted octanol–water partition coefficient (Wildman–Crippen LogP) is 2.58. The number of carbonyl (C=O) groups excluding carboxylic acids is 1. The van der Waals surface area contributed by atoms with E-state index in [1.807, 2.05) is 43.5 Å². The molecule has 0 radical (unpaired) electrons. The first-order valence-corrected chi connectivity index (χ1v) is 8.55. The summed E-state index contributed by atoms with van der Waals surface area (Å²) in [7, 11) is 0. The van der Waals surface area contributed by atoms with Crippen LogP contribution in [0, 0.1) is 6.92 Å². The summed E-state index contributed by atoms with van der Waals surface area (Å²) in [6.07, 6.45) is 1.84. The molecule has 2 N–H and O–H groups in total. The largest absolute Gasteiger partial charge is 0.367 e. The molecule has 2 heterocycles. The van der Waals surface area contributed by atoms with Gasteiger partial charge in [0, 0.05) is 29.3 Å². The molecule has 7 nitrogen and oxygen atoms in total. The second-order valence-electron chi connectivity index (χ2n) is 5.37. The van der Waals surface area contributed by atoms with Gasteiger partial charge in [0.15, 0.2) is 5.82 Å². The van der Waals surface area contributed by atoms with E-state index in [1.54, 1.807) is 16.8 Å². The van der Waals surface area contributed by atoms with Gasteiger partial charge >= 0.3 is 0 Å². The Morgan fingerprint density at radius 3 is 2.72 bits per heavy atom. The standard InChI is InChI=1S/C17H17BrN6O/c1-12-7-10-24(23-12)16-6-5-15(21-22-16)19-8-9-20-17(25)13-3-2-4-14(18)11-13/h2-7,10-11H,8-9H2,1H3,(H,19,21)(H,20,25). The Bertz CT molecular complexity index is 862. The zero-order chi connectivity index (χ0) is 17.6. The molecule has 0 aliphatic heterocycles. The van der Waals surface area contributed by atoms with Crippen molar-refractivity contribution in [3.8, 4) is 5.82 Å². The van der Waals surface area contributed by atoms with E-state index in [9.17, 15) is 4.79 Å². The molecule has 128 valence electrons. The number of nitrogens with zero attached hydrogens (tertiary/aromatic N) is 4. The Labute approximate surface area is 153 Å². The molecule has 0 saturated carbocycles. The second-order valence-corrected chi connectivity index (χ2v) is 6.29. The highest BCUT2D eigenvalue weighted by molar-refractivity contribution is 9.10. The zero-order valence-corrected chi connectivity index (χ0v) is 15.2. The summed E-state index contributed by atoms with van der Waals surface area (Å²) in [6, 6.07) is 12.8. The van der Waals surface area contributed by atoms with Crippen LogP contribution in [-0.2, 0) is 0 Å². The van der Waals surface area contributed by atoms with Gasteiger partial charge in [0.1, 0.15) is 5.82 Å². The first-order chi connectivity index (χ1) is 12.1. The molecule has 0 spiro atoms. The monoisotopic (exact) mass is 400 g/mol. The van der Waals surface area contributed by atoms with Crippen molar-refractivity contribution >= 4 is 27.7 Å². The number of benzene rings is 1. The minimum atomic E-state index is -0.112. The Morgan fingerprint density at radius 1 is 1.16 bits per heavy atom. The average molecular weight is 401 g/mol. The second kappa shape index (κ2) is 7.89. The minimum Gasteiger partial charge on any atom is -0.367 e. The Morgan fingerprint density at radius 2 is 2.04 bits per heavy atom. The fourth-order valence-electron chi connectivity index (χ4n) is 2.18. The van der Waals surface area contributed by atoms with Gasteiger partial charge in [0.2, 0.25) is 0 Å². The van der Waals surface area contributed by atoms with Crippen molar-refractivity contribution in [2.24, 2.45) is 0 Å². The van der Waals surface area contributed by atoms with Gasteiger partial charge in [-0.2, -0.15) is 5.10 Å². The number of carbonyl (C=O) groups is 1.